The lowest BCUT2D eigenvalue weighted by molar-refractivity contribution is 0.0697. The lowest BCUT2D eigenvalue weighted by Crippen LogP contribution is -2.28. The standard InChI is InChI=1S/C13H18ClNO5S/c1-9(2)8-20-6-5-15-21(18,19)10-3-4-11(13(16)17)12(14)7-10/h3-4,7,9,15H,5-6,8H2,1-2H3,(H,16,17). The number of sulfonamides is 1. The molecule has 0 fully saturated rings. The average Bonchev–Trinajstić information content (AvgIpc) is 2.37. The first-order chi connectivity index (χ1) is 9.74. The molecule has 8 heteroatoms. The van der Waals surface area contributed by atoms with Crippen LogP contribution in [0.3, 0.4) is 0 Å². The Kier molecular flexibility index (Phi) is 6.60. The van der Waals surface area contributed by atoms with Crippen LogP contribution in [0.2, 0.25) is 5.02 Å². The van der Waals surface area contributed by atoms with E-state index < -0.39 is 16.0 Å². The minimum atomic E-state index is -3.73. The van der Waals surface area contributed by atoms with E-state index in [0.717, 1.165) is 12.1 Å². The van der Waals surface area contributed by atoms with Gasteiger partial charge in [-0.1, -0.05) is 25.4 Å². The van der Waals surface area contributed by atoms with Gasteiger partial charge in [0.15, 0.2) is 0 Å². The number of hydrogen-bond acceptors (Lipinski definition) is 4. The topological polar surface area (TPSA) is 92.7 Å². The number of carboxylic acids is 1. The van der Waals surface area contributed by atoms with Crippen LogP contribution in [0.5, 0.6) is 0 Å². The van der Waals surface area contributed by atoms with E-state index in [1.807, 2.05) is 13.8 Å². The molecular weight excluding hydrogens is 318 g/mol. The van der Waals surface area contributed by atoms with Gasteiger partial charge in [-0.2, -0.15) is 0 Å². The summed E-state index contributed by atoms with van der Waals surface area (Å²) in [7, 11) is -3.73. The molecule has 0 bridgehead atoms. The highest BCUT2D eigenvalue weighted by Crippen LogP contribution is 2.20. The maximum Gasteiger partial charge on any atom is 0.337 e. The smallest absolute Gasteiger partial charge is 0.337 e. The molecule has 0 radical (unpaired) electrons. The van der Waals surface area contributed by atoms with Crippen LogP contribution in [-0.4, -0.2) is 39.3 Å². The maximum atomic E-state index is 12.0. The van der Waals surface area contributed by atoms with Crippen molar-refractivity contribution < 1.29 is 23.1 Å². The molecule has 1 rings (SSSR count). The molecule has 0 saturated carbocycles. The Labute approximate surface area is 129 Å². The van der Waals surface area contributed by atoms with Gasteiger partial charge >= 0.3 is 5.97 Å². The zero-order chi connectivity index (χ0) is 16.0. The van der Waals surface area contributed by atoms with Crippen LogP contribution in [0.1, 0.15) is 24.2 Å². The number of ether oxygens (including phenoxy) is 1. The van der Waals surface area contributed by atoms with E-state index in [1.165, 1.54) is 6.07 Å². The Bertz CT molecular complexity index is 601. The third-order valence-electron chi connectivity index (χ3n) is 2.47. The lowest BCUT2D eigenvalue weighted by atomic mass is 10.2. The number of rotatable bonds is 8. The van der Waals surface area contributed by atoms with Gasteiger partial charge in [-0.15, -0.1) is 0 Å². The van der Waals surface area contributed by atoms with Crippen molar-refractivity contribution in [3.8, 4) is 0 Å². The first-order valence-corrected chi connectivity index (χ1v) is 8.20. The van der Waals surface area contributed by atoms with Gasteiger partial charge in [0.1, 0.15) is 0 Å². The molecule has 0 unspecified atom stereocenters. The third kappa shape index (κ3) is 5.62. The summed E-state index contributed by atoms with van der Waals surface area (Å²) in [4.78, 5) is 10.7. The fourth-order valence-electron chi connectivity index (χ4n) is 1.49. The van der Waals surface area contributed by atoms with Crippen LogP contribution < -0.4 is 4.72 Å². The summed E-state index contributed by atoms with van der Waals surface area (Å²) in [5.41, 5.74) is -0.143. The molecule has 0 heterocycles. The summed E-state index contributed by atoms with van der Waals surface area (Å²) in [6.45, 7) is 4.94. The van der Waals surface area contributed by atoms with Crippen LogP contribution in [0, 0.1) is 5.92 Å². The SMILES string of the molecule is CC(C)COCCNS(=O)(=O)c1ccc(C(=O)O)c(Cl)c1. The summed E-state index contributed by atoms with van der Waals surface area (Å²) >= 11 is 5.75. The number of aromatic carboxylic acids is 1. The molecule has 1 aromatic rings. The zero-order valence-electron chi connectivity index (χ0n) is 11.8. The van der Waals surface area contributed by atoms with Crippen LogP contribution in [0.25, 0.3) is 0 Å². The van der Waals surface area contributed by atoms with Crippen molar-refractivity contribution in [1.29, 1.82) is 0 Å². The van der Waals surface area contributed by atoms with E-state index in [-0.39, 0.29) is 28.6 Å². The molecule has 0 aliphatic rings. The highest BCUT2D eigenvalue weighted by atomic mass is 35.5. The van der Waals surface area contributed by atoms with E-state index in [4.69, 9.17) is 21.4 Å². The van der Waals surface area contributed by atoms with Gasteiger partial charge in [-0.05, 0) is 24.1 Å². The van der Waals surface area contributed by atoms with Gasteiger partial charge in [0, 0.05) is 13.2 Å². The summed E-state index contributed by atoms with van der Waals surface area (Å²) in [6.07, 6.45) is 0. The van der Waals surface area contributed by atoms with Crippen molar-refractivity contribution in [2.75, 3.05) is 19.8 Å². The normalized spacial score (nSPS) is 11.8. The first-order valence-electron chi connectivity index (χ1n) is 6.34. The number of halogens is 1. The Hall–Kier alpha value is -1.15. The Morgan fingerprint density at radius 3 is 2.62 bits per heavy atom. The van der Waals surface area contributed by atoms with Crippen molar-refractivity contribution in [1.82, 2.24) is 4.72 Å². The van der Waals surface area contributed by atoms with Gasteiger partial charge in [0.05, 0.1) is 22.1 Å². The van der Waals surface area contributed by atoms with Crippen LogP contribution >= 0.6 is 11.6 Å². The predicted molar refractivity (Wildman–Crippen MR) is 79.3 cm³/mol. The zero-order valence-corrected chi connectivity index (χ0v) is 13.4. The molecule has 0 spiro atoms. The second-order valence-electron chi connectivity index (χ2n) is 4.81. The highest BCUT2D eigenvalue weighted by Gasteiger charge is 2.17. The maximum absolute atomic E-state index is 12.0. The largest absolute Gasteiger partial charge is 0.478 e. The summed E-state index contributed by atoms with van der Waals surface area (Å²) < 4.78 is 31.6. The molecule has 0 atom stereocenters. The number of carboxylic acid groups (broad SMARTS) is 1. The number of carbonyl (C=O) groups is 1. The van der Waals surface area contributed by atoms with Crippen molar-refractivity contribution in [2.24, 2.45) is 5.92 Å². The summed E-state index contributed by atoms with van der Waals surface area (Å²) in [5.74, 6) is -0.831. The van der Waals surface area contributed by atoms with Gasteiger partial charge in [-0.25, -0.2) is 17.9 Å². The second kappa shape index (κ2) is 7.74. The van der Waals surface area contributed by atoms with Crippen molar-refractivity contribution in [3.05, 3.63) is 28.8 Å². The van der Waals surface area contributed by atoms with Crippen molar-refractivity contribution >= 4 is 27.6 Å². The van der Waals surface area contributed by atoms with Crippen LogP contribution in [-0.2, 0) is 14.8 Å². The molecule has 0 aliphatic heterocycles. The van der Waals surface area contributed by atoms with E-state index in [1.54, 1.807) is 0 Å². The fourth-order valence-corrected chi connectivity index (χ4v) is 2.85. The van der Waals surface area contributed by atoms with Crippen molar-refractivity contribution in [3.63, 3.8) is 0 Å². The predicted octanol–water partition coefficient (Wildman–Crippen LogP) is 1.99. The molecule has 21 heavy (non-hydrogen) atoms. The monoisotopic (exact) mass is 335 g/mol. The third-order valence-corrected chi connectivity index (χ3v) is 4.24. The van der Waals surface area contributed by atoms with Crippen LogP contribution in [0.15, 0.2) is 23.1 Å². The van der Waals surface area contributed by atoms with E-state index in [2.05, 4.69) is 4.72 Å². The van der Waals surface area contributed by atoms with E-state index in [9.17, 15) is 13.2 Å². The van der Waals surface area contributed by atoms with Gasteiger partial charge in [0.2, 0.25) is 10.0 Å². The number of benzene rings is 1. The number of nitrogens with one attached hydrogen (secondary N) is 1. The molecule has 0 amide bonds. The quantitative estimate of drug-likeness (QED) is 0.709. The minimum absolute atomic E-state index is 0.0821. The van der Waals surface area contributed by atoms with E-state index in [0.29, 0.717) is 12.5 Å². The van der Waals surface area contributed by atoms with Gasteiger partial charge in [0.25, 0.3) is 0 Å². The first kappa shape index (κ1) is 17.9. The van der Waals surface area contributed by atoms with Gasteiger partial charge in [-0.3, -0.25) is 0 Å². The average molecular weight is 336 g/mol. The Morgan fingerprint density at radius 2 is 2.10 bits per heavy atom. The van der Waals surface area contributed by atoms with Crippen molar-refractivity contribution in [2.45, 2.75) is 18.7 Å². The number of hydrogen-bond donors (Lipinski definition) is 2. The minimum Gasteiger partial charge on any atom is -0.478 e. The Morgan fingerprint density at radius 1 is 1.43 bits per heavy atom. The molecule has 0 saturated heterocycles. The highest BCUT2D eigenvalue weighted by molar-refractivity contribution is 7.89. The summed E-state index contributed by atoms with van der Waals surface area (Å²) in [6, 6.07) is 3.48. The molecule has 1 aromatic carbocycles. The summed E-state index contributed by atoms with van der Waals surface area (Å²) in [5, 5.41) is 8.71. The molecule has 2 N–H and O–H groups in total. The van der Waals surface area contributed by atoms with Gasteiger partial charge < -0.3 is 9.84 Å². The van der Waals surface area contributed by atoms with Crippen LogP contribution in [0.4, 0.5) is 0 Å². The molecule has 0 aliphatic carbocycles. The molecular formula is C13H18ClNO5S. The fraction of sp³-hybridized carbons (Fsp3) is 0.462. The Balaban J connectivity index is 2.66. The molecule has 0 aromatic heterocycles. The lowest BCUT2D eigenvalue weighted by Gasteiger charge is -2.09. The molecule has 6 nitrogen and oxygen atoms in total. The molecule has 118 valence electrons. The van der Waals surface area contributed by atoms with E-state index >= 15 is 0 Å². The second-order valence-corrected chi connectivity index (χ2v) is 6.99.